The third-order valence-corrected chi connectivity index (χ3v) is 5.01. The molecule has 0 radical (unpaired) electrons. The highest BCUT2D eigenvalue weighted by molar-refractivity contribution is 7.99. The van der Waals surface area contributed by atoms with Crippen LogP contribution in [0.3, 0.4) is 0 Å². The molecule has 2 aromatic rings. The quantitative estimate of drug-likeness (QED) is 0.682. The van der Waals surface area contributed by atoms with E-state index in [1.165, 1.54) is 23.9 Å². The van der Waals surface area contributed by atoms with Gasteiger partial charge >= 0.3 is 6.18 Å². The van der Waals surface area contributed by atoms with Crippen LogP contribution in [-0.2, 0) is 6.18 Å². The van der Waals surface area contributed by atoms with E-state index < -0.39 is 11.7 Å². The molecule has 130 valence electrons. The van der Waals surface area contributed by atoms with Gasteiger partial charge in [0.1, 0.15) is 0 Å². The highest BCUT2D eigenvalue weighted by atomic mass is 32.2. The van der Waals surface area contributed by atoms with Gasteiger partial charge in [0.05, 0.1) is 16.9 Å². The van der Waals surface area contributed by atoms with Crippen molar-refractivity contribution in [2.45, 2.75) is 36.2 Å². The second-order valence-electron chi connectivity index (χ2n) is 6.08. The molecule has 6 heteroatoms. The van der Waals surface area contributed by atoms with Gasteiger partial charge in [0.2, 0.25) is 0 Å². The zero-order valence-electron chi connectivity index (χ0n) is 13.7. The summed E-state index contributed by atoms with van der Waals surface area (Å²) >= 11 is 1.53. The van der Waals surface area contributed by atoms with Crippen LogP contribution >= 0.6 is 11.8 Å². The molecule has 3 rings (SSSR count). The summed E-state index contributed by atoms with van der Waals surface area (Å²) in [5.41, 5.74) is 1.06. The van der Waals surface area contributed by atoms with Crippen molar-refractivity contribution in [3.63, 3.8) is 0 Å². The predicted octanol–water partition coefficient (Wildman–Crippen LogP) is 6.52. The molecule has 0 aromatic heterocycles. The summed E-state index contributed by atoms with van der Waals surface area (Å²) in [7, 11) is 0. The van der Waals surface area contributed by atoms with Crippen LogP contribution in [0, 0.1) is 5.92 Å². The Labute approximate surface area is 144 Å². The van der Waals surface area contributed by atoms with Crippen LogP contribution in [0.1, 0.15) is 25.8 Å². The van der Waals surface area contributed by atoms with E-state index in [4.69, 9.17) is 0 Å². The van der Waals surface area contributed by atoms with Gasteiger partial charge in [-0.2, -0.15) is 13.2 Å². The molecule has 0 saturated carbocycles. The number of rotatable bonds is 3. The van der Waals surface area contributed by atoms with E-state index in [1.54, 1.807) is 6.07 Å². The monoisotopic (exact) mass is 354 g/mol. The molecule has 0 saturated heterocycles. The van der Waals surface area contributed by atoms with Crippen molar-refractivity contribution in [1.82, 2.24) is 6.15 Å². The minimum absolute atomic E-state index is 0. The largest absolute Gasteiger partial charge is 0.416 e. The summed E-state index contributed by atoms with van der Waals surface area (Å²) in [5, 5.41) is 0. The van der Waals surface area contributed by atoms with E-state index in [0.29, 0.717) is 18.2 Å². The van der Waals surface area contributed by atoms with Crippen molar-refractivity contribution in [2.24, 2.45) is 5.92 Å². The van der Waals surface area contributed by atoms with Crippen molar-refractivity contribution in [2.75, 3.05) is 11.4 Å². The Morgan fingerprint density at radius 3 is 2.33 bits per heavy atom. The van der Waals surface area contributed by atoms with Crippen LogP contribution < -0.4 is 11.1 Å². The molecule has 0 unspecified atom stereocenters. The number of anilines is 2. The van der Waals surface area contributed by atoms with Crippen LogP contribution in [-0.4, -0.2) is 6.54 Å². The van der Waals surface area contributed by atoms with Gasteiger partial charge in [-0.3, -0.25) is 0 Å². The van der Waals surface area contributed by atoms with E-state index >= 15 is 0 Å². The minimum Gasteiger partial charge on any atom is -0.344 e. The SMILES string of the molecule is CC(C)CCN1c2ccccc2Sc2ccc(C(F)(F)F)cc21.N. The lowest BCUT2D eigenvalue weighted by atomic mass is 10.1. The first-order chi connectivity index (χ1) is 10.9. The standard InChI is InChI=1S/C18H18F3NS.H3N/c1-12(2)9-10-22-14-5-3-4-6-16(14)23-17-8-7-13(11-15(17)22)18(19,20)21;/h3-8,11-12H,9-10H2,1-2H3;1H3. The molecular formula is C18H21F3N2S. The lowest BCUT2D eigenvalue weighted by Crippen LogP contribution is -2.23. The van der Waals surface area contributed by atoms with Gasteiger partial charge in [-0.05, 0) is 42.7 Å². The molecule has 2 nitrogen and oxygen atoms in total. The Morgan fingerprint density at radius 1 is 1.00 bits per heavy atom. The van der Waals surface area contributed by atoms with Gasteiger partial charge in [0, 0.05) is 16.3 Å². The zero-order valence-corrected chi connectivity index (χ0v) is 14.5. The van der Waals surface area contributed by atoms with Crippen LogP contribution in [0.4, 0.5) is 24.5 Å². The van der Waals surface area contributed by atoms with Gasteiger partial charge in [0.15, 0.2) is 0 Å². The Balaban J connectivity index is 0.00000208. The van der Waals surface area contributed by atoms with Crippen molar-refractivity contribution in [3.05, 3.63) is 48.0 Å². The number of hydrogen-bond acceptors (Lipinski definition) is 3. The van der Waals surface area contributed by atoms with Crippen LogP contribution in [0.2, 0.25) is 0 Å². The molecule has 1 heterocycles. The average Bonchev–Trinajstić information content (AvgIpc) is 2.49. The molecule has 2 aromatic carbocycles. The molecule has 0 amide bonds. The Morgan fingerprint density at radius 2 is 1.67 bits per heavy atom. The Hall–Kier alpha value is -1.66. The number of halogens is 3. The molecule has 1 aliphatic rings. The molecule has 24 heavy (non-hydrogen) atoms. The molecular weight excluding hydrogens is 333 g/mol. The smallest absolute Gasteiger partial charge is 0.344 e. The summed E-state index contributed by atoms with van der Waals surface area (Å²) in [6.07, 6.45) is -3.39. The fourth-order valence-electron chi connectivity index (χ4n) is 2.63. The van der Waals surface area contributed by atoms with E-state index in [-0.39, 0.29) is 6.15 Å². The fourth-order valence-corrected chi connectivity index (χ4v) is 3.71. The first-order valence-corrected chi connectivity index (χ1v) is 8.43. The molecule has 0 atom stereocenters. The third-order valence-electron chi connectivity index (χ3n) is 3.88. The second-order valence-corrected chi connectivity index (χ2v) is 7.17. The molecule has 3 N–H and O–H groups in total. The molecule has 0 aliphatic carbocycles. The van der Waals surface area contributed by atoms with Gasteiger partial charge < -0.3 is 11.1 Å². The van der Waals surface area contributed by atoms with Gasteiger partial charge in [0.25, 0.3) is 0 Å². The average molecular weight is 354 g/mol. The fraction of sp³-hybridized carbons (Fsp3) is 0.333. The van der Waals surface area contributed by atoms with E-state index in [2.05, 4.69) is 13.8 Å². The van der Waals surface area contributed by atoms with Gasteiger partial charge in [-0.25, -0.2) is 0 Å². The predicted molar refractivity (Wildman–Crippen MR) is 93.5 cm³/mol. The van der Waals surface area contributed by atoms with E-state index in [9.17, 15) is 13.2 Å². The van der Waals surface area contributed by atoms with E-state index in [0.717, 1.165) is 21.9 Å². The zero-order chi connectivity index (χ0) is 16.6. The van der Waals surface area contributed by atoms with Crippen LogP contribution in [0.25, 0.3) is 0 Å². The first kappa shape index (κ1) is 18.7. The lowest BCUT2D eigenvalue weighted by Gasteiger charge is -2.33. The van der Waals surface area contributed by atoms with Crippen molar-refractivity contribution >= 4 is 23.1 Å². The minimum atomic E-state index is -4.32. The number of hydrogen-bond donors (Lipinski definition) is 1. The normalized spacial score (nSPS) is 13.3. The topological polar surface area (TPSA) is 38.2 Å². The summed E-state index contributed by atoms with van der Waals surface area (Å²) in [4.78, 5) is 3.99. The van der Waals surface area contributed by atoms with Crippen molar-refractivity contribution in [3.8, 4) is 0 Å². The maximum atomic E-state index is 13.1. The Bertz CT molecular complexity index is 714. The summed E-state index contributed by atoms with van der Waals surface area (Å²) in [6.45, 7) is 4.96. The van der Waals surface area contributed by atoms with E-state index in [1.807, 2.05) is 29.2 Å². The number of nitrogens with zero attached hydrogens (tertiary/aromatic N) is 1. The Kier molecular flexibility index (Phi) is 5.50. The summed E-state index contributed by atoms with van der Waals surface area (Å²) in [6, 6.07) is 11.9. The molecule has 0 fully saturated rings. The summed E-state index contributed by atoms with van der Waals surface area (Å²) in [5.74, 6) is 0.492. The summed E-state index contributed by atoms with van der Waals surface area (Å²) < 4.78 is 39.2. The van der Waals surface area contributed by atoms with Gasteiger partial charge in [-0.1, -0.05) is 37.7 Å². The number of fused-ring (bicyclic) bond motifs is 2. The number of alkyl halides is 3. The van der Waals surface area contributed by atoms with Crippen molar-refractivity contribution < 1.29 is 13.2 Å². The molecule has 1 aliphatic heterocycles. The van der Waals surface area contributed by atoms with Crippen LogP contribution in [0.15, 0.2) is 52.3 Å². The maximum Gasteiger partial charge on any atom is 0.416 e. The second kappa shape index (κ2) is 7.07. The van der Waals surface area contributed by atoms with Gasteiger partial charge in [-0.15, -0.1) is 0 Å². The first-order valence-electron chi connectivity index (χ1n) is 7.62. The lowest BCUT2D eigenvalue weighted by molar-refractivity contribution is -0.137. The number of benzene rings is 2. The maximum absolute atomic E-state index is 13.1. The highest BCUT2D eigenvalue weighted by Crippen LogP contribution is 2.49. The number of para-hydroxylation sites is 1. The molecule has 0 spiro atoms. The highest BCUT2D eigenvalue weighted by Gasteiger charge is 2.33. The molecule has 0 bridgehead atoms. The van der Waals surface area contributed by atoms with Crippen LogP contribution in [0.5, 0.6) is 0 Å². The third kappa shape index (κ3) is 3.70. The van der Waals surface area contributed by atoms with Crippen molar-refractivity contribution in [1.29, 1.82) is 0 Å².